The number of phenolic OH excluding ortho intramolecular Hbond substituents is 1. The van der Waals surface area contributed by atoms with Gasteiger partial charge in [0.25, 0.3) is 5.91 Å². The molecule has 7 nitrogen and oxygen atoms in total. The van der Waals surface area contributed by atoms with Crippen molar-refractivity contribution in [2.75, 3.05) is 31.1 Å². The fraction of sp³-hybridized carbons (Fsp3) is 0.400. The van der Waals surface area contributed by atoms with Crippen molar-refractivity contribution < 1.29 is 15.0 Å². The number of aromatic nitrogens is 2. The molecule has 0 bridgehead atoms. The van der Waals surface area contributed by atoms with Crippen LogP contribution >= 0.6 is 0 Å². The van der Waals surface area contributed by atoms with Crippen molar-refractivity contribution in [3.05, 3.63) is 48.0 Å². The minimum Gasteiger partial charge on any atom is -0.507 e. The molecule has 1 saturated heterocycles. The van der Waals surface area contributed by atoms with Crippen LogP contribution in [0.1, 0.15) is 25.8 Å². The molecule has 4 rings (SSSR count). The molecule has 168 valence electrons. The molecule has 3 aromatic rings. The predicted octanol–water partition coefficient (Wildman–Crippen LogP) is 3.37. The molecule has 1 aliphatic heterocycles. The Morgan fingerprint density at radius 3 is 2.50 bits per heavy atom. The highest BCUT2D eigenvalue weighted by Gasteiger charge is 2.30. The van der Waals surface area contributed by atoms with Gasteiger partial charge in [-0.05, 0) is 42.7 Å². The molecule has 2 aromatic carbocycles. The van der Waals surface area contributed by atoms with Gasteiger partial charge in [0.05, 0.1) is 11.1 Å². The van der Waals surface area contributed by atoms with Crippen molar-refractivity contribution in [3.8, 4) is 17.1 Å². The zero-order chi connectivity index (χ0) is 22.8. The number of hydrogen-bond acceptors (Lipinski definition) is 6. The lowest BCUT2D eigenvalue weighted by molar-refractivity contribution is -0.143. The maximum atomic E-state index is 12.7. The van der Waals surface area contributed by atoms with E-state index in [4.69, 9.17) is 9.97 Å². The van der Waals surface area contributed by atoms with Gasteiger partial charge in [0.2, 0.25) is 0 Å². The molecule has 1 aromatic heterocycles. The van der Waals surface area contributed by atoms with E-state index in [-0.39, 0.29) is 17.6 Å². The van der Waals surface area contributed by atoms with E-state index in [0.29, 0.717) is 37.6 Å². The van der Waals surface area contributed by atoms with Crippen LogP contribution in [0.5, 0.6) is 5.75 Å². The first kappa shape index (κ1) is 22.0. The predicted molar refractivity (Wildman–Crippen MR) is 126 cm³/mol. The summed E-state index contributed by atoms with van der Waals surface area (Å²) in [6.07, 6.45) is -0.198. The SMILES string of the molecule is CCC(C)C(O)C(=O)N1CCN(c2nc(-c3ccccc3O)nc3cc(C)ccc23)CC1. The van der Waals surface area contributed by atoms with E-state index in [1.54, 1.807) is 17.0 Å². The molecule has 0 radical (unpaired) electrons. The van der Waals surface area contributed by atoms with Gasteiger partial charge in [-0.25, -0.2) is 9.97 Å². The Bertz CT molecular complexity index is 1130. The van der Waals surface area contributed by atoms with Gasteiger partial charge < -0.3 is 20.0 Å². The maximum absolute atomic E-state index is 12.7. The average molecular weight is 435 g/mol. The van der Waals surface area contributed by atoms with E-state index in [2.05, 4.69) is 4.90 Å². The summed E-state index contributed by atoms with van der Waals surface area (Å²) in [5.41, 5.74) is 2.50. The Hall–Kier alpha value is -3.19. The third-order valence-corrected chi connectivity index (χ3v) is 6.30. The van der Waals surface area contributed by atoms with Crippen molar-refractivity contribution in [2.24, 2.45) is 5.92 Å². The number of phenols is 1. The third-order valence-electron chi connectivity index (χ3n) is 6.30. The number of aryl methyl sites for hydroxylation is 1. The molecule has 32 heavy (non-hydrogen) atoms. The van der Waals surface area contributed by atoms with Crippen LogP contribution in [-0.2, 0) is 4.79 Å². The number of benzene rings is 2. The number of hydrogen-bond donors (Lipinski definition) is 2. The second-order valence-electron chi connectivity index (χ2n) is 8.55. The normalized spacial score (nSPS) is 16.2. The molecule has 7 heteroatoms. The second-order valence-corrected chi connectivity index (χ2v) is 8.55. The maximum Gasteiger partial charge on any atom is 0.251 e. The van der Waals surface area contributed by atoms with E-state index in [1.165, 1.54) is 0 Å². The van der Waals surface area contributed by atoms with Gasteiger partial charge in [-0.1, -0.05) is 38.5 Å². The topological polar surface area (TPSA) is 89.8 Å². The molecule has 2 atom stereocenters. The van der Waals surface area contributed by atoms with Crippen molar-refractivity contribution in [3.63, 3.8) is 0 Å². The van der Waals surface area contributed by atoms with Crippen LogP contribution in [0.4, 0.5) is 5.82 Å². The molecule has 0 spiro atoms. The first-order valence-corrected chi connectivity index (χ1v) is 11.2. The molecule has 1 fully saturated rings. The second kappa shape index (κ2) is 9.12. The van der Waals surface area contributed by atoms with Crippen LogP contribution in [0.2, 0.25) is 0 Å². The Labute approximate surface area is 188 Å². The Balaban J connectivity index is 1.65. The van der Waals surface area contributed by atoms with E-state index >= 15 is 0 Å². The fourth-order valence-corrected chi connectivity index (χ4v) is 4.04. The lowest BCUT2D eigenvalue weighted by Gasteiger charge is -2.37. The number of para-hydroxylation sites is 1. The highest BCUT2D eigenvalue weighted by molar-refractivity contribution is 5.92. The summed E-state index contributed by atoms with van der Waals surface area (Å²) >= 11 is 0. The largest absolute Gasteiger partial charge is 0.507 e. The number of carbonyl (C=O) groups excluding carboxylic acids is 1. The van der Waals surface area contributed by atoms with Gasteiger partial charge in [-0.2, -0.15) is 0 Å². The van der Waals surface area contributed by atoms with E-state index in [9.17, 15) is 15.0 Å². The smallest absolute Gasteiger partial charge is 0.251 e. The number of nitrogens with zero attached hydrogens (tertiary/aromatic N) is 4. The molecule has 2 heterocycles. The van der Waals surface area contributed by atoms with E-state index in [1.807, 2.05) is 51.1 Å². The van der Waals surface area contributed by atoms with E-state index < -0.39 is 6.10 Å². The first-order valence-electron chi connectivity index (χ1n) is 11.2. The lowest BCUT2D eigenvalue weighted by atomic mass is 10.0. The highest BCUT2D eigenvalue weighted by Crippen LogP contribution is 2.32. The third kappa shape index (κ3) is 4.25. The highest BCUT2D eigenvalue weighted by atomic mass is 16.3. The summed E-state index contributed by atoms with van der Waals surface area (Å²) in [5, 5.41) is 21.6. The molecule has 1 aliphatic rings. The van der Waals surface area contributed by atoms with Crippen molar-refractivity contribution in [2.45, 2.75) is 33.3 Å². The van der Waals surface area contributed by atoms with Crippen molar-refractivity contribution in [1.29, 1.82) is 0 Å². The molecule has 0 saturated carbocycles. The number of rotatable bonds is 5. The van der Waals surface area contributed by atoms with Crippen LogP contribution in [0.25, 0.3) is 22.3 Å². The van der Waals surface area contributed by atoms with Crippen LogP contribution in [0, 0.1) is 12.8 Å². The van der Waals surface area contributed by atoms with Crippen LogP contribution in [-0.4, -0.2) is 63.3 Å². The number of aliphatic hydroxyl groups excluding tert-OH is 1. The molecule has 2 unspecified atom stereocenters. The number of piperazine rings is 1. The zero-order valence-corrected chi connectivity index (χ0v) is 18.8. The number of aliphatic hydroxyl groups is 1. The van der Waals surface area contributed by atoms with Crippen molar-refractivity contribution >= 4 is 22.6 Å². The monoisotopic (exact) mass is 434 g/mol. The molecular formula is C25H30N4O3. The quantitative estimate of drug-likeness (QED) is 0.640. The van der Waals surface area contributed by atoms with Gasteiger partial charge in [-0.3, -0.25) is 4.79 Å². The molecule has 2 N–H and O–H groups in total. The molecular weight excluding hydrogens is 404 g/mol. The summed E-state index contributed by atoms with van der Waals surface area (Å²) < 4.78 is 0. The summed E-state index contributed by atoms with van der Waals surface area (Å²) in [7, 11) is 0. The number of amides is 1. The van der Waals surface area contributed by atoms with Gasteiger partial charge in [0.1, 0.15) is 17.7 Å². The number of carbonyl (C=O) groups is 1. The lowest BCUT2D eigenvalue weighted by Crippen LogP contribution is -2.52. The Morgan fingerprint density at radius 1 is 1.09 bits per heavy atom. The van der Waals surface area contributed by atoms with Gasteiger partial charge in [0, 0.05) is 31.6 Å². The van der Waals surface area contributed by atoms with Crippen LogP contribution in [0.15, 0.2) is 42.5 Å². The van der Waals surface area contributed by atoms with E-state index in [0.717, 1.165) is 28.7 Å². The Kier molecular flexibility index (Phi) is 6.28. The number of aromatic hydroxyl groups is 1. The van der Waals surface area contributed by atoms with Crippen LogP contribution < -0.4 is 4.90 Å². The van der Waals surface area contributed by atoms with Gasteiger partial charge in [0.15, 0.2) is 5.82 Å². The fourth-order valence-electron chi connectivity index (χ4n) is 4.04. The zero-order valence-electron chi connectivity index (χ0n) is 18.8. The first-order chi connectivity index (χ1) is 15.4. The average Bonchev–Trinajstić information content (AvgIpc) is 2.82. The summed E-state index contributed by atoms with van der Waals surface area (Å²) in [5.74, 6) is 1.15. The number of fused-ring (bicyclic) bond motifs is 1. The van der Waals surface area contributed by atoms with Crippen LogP contribution in [0.3, 0.4) is 0 Å². The summed E-state index contributed by atoms with van der Waals surface area (Å²) in [6, 6.07) is 13.2. The molecule has 0 aliphatic carbocycles. The number of anilines is 1. The van der Waals surface area contributed by atoms with Gasteiger partial charge >= 0.3 is 0 Å². The van der Waals surface area contributed by atoms with Crippen molar-refractivity contribution in [1.82, 2.24) is 14.9 Å². The standard InChI is InChI=1S/C25H30N4O3/c1-4-17(3)22(31)25(32)29-13-11-28(12-14-29)24-18-10-9-16(2)15-20(18)26-23(27-24)19-7-5-6-8-21(19)30/h5-10,15,17,22,30-31H,4,11-14H2,1-3H3. The minimum absolute atomic E-state index is 0.0596. The summed E-state index contributed by atoms with van der Waals surface area (Å²) in [6.45, 7) is 8.16. The summed E-state index contributed by atoms with van der Waals surface area (Å²) in [4.78, 5) is 26.1. The molecule has 1 amide bonds. The van der Waals surface area contributed by atoms with Gasteiger partial charge in [-0.15, -0.1) is 0 Å². The Morgan fingerprint density at radius 2 is 1.81 bits per heavy atom. The minimum atomic E-state index is -0.956.